The maximum Gasteiger partial charge on any atom is 0.115 e. The summed E-state index contributed by atoms with van der Waals surface area (Å²) in [7, 11) is 0. The second-order valence-corrected chi connectivity index (χ2v) is 7.34. The van der Waals surface area contributed by atoms with Crippen LogP contribution in [0.25, 0.3) is 5.57 Å². The van der Waals surface area contributed by atoms with Crippen molar-refractivity contribution < 1.29 is 10.2 Å². The van der Waals surface area contributed by atoms with Crippen LogP contribution in [0, 0.1) is 0 Å². The molecule has 0 unspecified atom stereocenters. The summed E-state index contributed by atoms with van der Waals surface area (Å²) in [5.74, 6) is 0.529. The zero-order valence-electron chi connectivity index (χ0n) is 15.8. The van der Waals surface area contributed by atoms with E-state index in [2.05, 4.69) is 36.5 Å². The second-order valence-electron chi connectivity index (χ2n) is 7.34. The predicted octanol–water partition coefficient (Wildman–Crippen LogP) is 6.45. The van der Waals surface area contributed by atoms with Gasteiger partial charge in [0, 0.05) is 0 Å². The summed E-state index contributed by atoms with van der Waals surface area (Å²) in [6.45, 7) is 0. The van der Waals surface area contributed by atoms with Crippen molar-refractivity contribution in [2.24, 2.45) is 0 Å². The van der Waals surface area contributed by atoms with Crippen molar-refractivity contribution in [3.8, 4) is 11.5 Å². The molecule has 2 nitrogen and oxygen atoms in total. The minimum atomic E-state index is 0.265. The largest absolute Gasteiger partial charge is 0.508 e. The van der Waals surface area contributed by atoms with Gasteiger partial charge in [0.1, 0.15) is 11.5 Å². The highest BCUT2D eigenvalue weighted by atomic mass is 16.3. The molecule has 2 N–H and O–H groups in total. The molecule has 140 valence electrons. The first-order chi connectivity index (χ1) is 13.7. The van der Waals surface area contributed by atoms with E-state index in [4.69, 9.17) is 0 Å². The van der Waals surface area contributed by atoms with Crippen LogP contribution in [0.3, 0.4) is 0 Å². The van der Waals surface area contributed by atoms with Gasteiger partial charge in [-0.25, -0.2) is 0 Å². The molecule has 0 amide bonds. The number of hydrogen-bond acceptors (Lipinski definition) is 2. The molecule has 0 fully saturated rings. The molecule has 0 spiro atoms. The molecule has 0 aromatic heterocycles. The fourth-order valence-corrected chi connectivity index (χ4v) is 3.86. The van der Waals surface area contributed by atoms with E-state index in [1.807, 2.05) is 24.3 Å². The monoisotopic (exact) mass is 368 g/mol. The van der Waals surface area contributed by atoms with E-state index in [1.54, 1.807) is 24.3 Å². The number of phenolic OH excluding ortho intramolecular Hbond substituents is 2. The van der Waals surface area contributed by atoms with Crippen LogP contribution in [-0.2, 0) is 0 Å². The average Bonchev–Trinajstić information content (AvgIpc) is 3.39. The van der Waals surface area contributed by atoms with Crippen LogP contribution in [0.1, 0.15) is 36.8 Å². The van der Waals surface area contributed by atoms with Crippen molar-refractivity contribution in [3.63, 3.8) is 0 Å². The Bertz CT molecular complexity index is 916. The Labute approximate surface area is 166 Å². The van der Waals surface area contributed by atoms with Gasteiger partial charge in [-0.1, -0.05) is 77.4 Å². The molecule has 2 heteroatoms. The molecule has 0 radical (unpaired) electrons. The van der Waals surface area contributed by atoms with Gasteiger partial charge in [0.15, 0.2) is 0 Å². The van der Waals surface area contributed by atoms with E-state index in [1.165, 1.54) is 22.3 Å². The first kappa shape index (κ1) is 18.1. The minimum Gasteiger partial charge on any atom is -0.508 e. The molecule has 0 saturated carbocycles. The number of benzene rings is 2. The van der Waals surface area contributed by atoms with Crippen LogP contribution in [0.5, 0.6) is 11.5 Å². The van der Waals surface area contributed by atoms with Crippen LogP contribution in [0.4, 0.5) is 0 Å². The van der Waals surface area contributed by atoms with Crippen molar-refractivity contribution in [1.82, 2.24) is 0 Å². The fraction of sp³-hybridized carbons (Fsp3) is 0.154. The first-order valence-electron chi connectivity index (χ1n) is 9.69. The molecule has 28 heavy (non-hydrogen) atoms. The fourth-order valence-electron chi connectivity index (χ4n) is 3.86. The lowest BCUT2D eigenvalue weighted by atomic mass is 9.86. The summed E-state index contributed by atoms with van der Waals surface area (Å²) < 4.78 is 0. The van der Waals surface area contributed by atoms with Crippen LogP contribution < -0.4 is 0 Å². The standard InChI is InChI=1S/C26H24O2/c27-24-13-9-21(10-14-24)26(22-11-15-25(28)16-12-22)23(17-19-5-1-2-6-19)18-20-7-3-4-8-20/h1-5,7,9-16,27-28H,6,8,17-18H2. The summed E-state index contributed by atoms with van der Waals surface area (Å²) in [4.78, 5) is 0. The number of phenols is 2. The van der Waals surface area contributed by atoms with E-state index < -0.39 is 0 Å². The van der Waals surface area contributed by atoms with Crippen LogP contribution >= 0.6 is 0 Å². The third-order valence-electron chi connectivity index (χ3n) is 5.24. The SMILES string of the molecule is Oc1ccc(C(=C(CC2=CC=CC2)CC2=CC=CC2)c2ccc(O)cc2)cc1. The third kappa shape index (κ3) is 4.17. The summed E-state index contributed by atoms with van der Waals surface area (Å²) >= 11 is 0. The number of aromatic hydroxyl groups is 2. The lowest BCUT2D eigenvalue weighted by molar-refractivity contribution is 0.475. The molecule has 0 aliphatic heterocycles. The van der Waals surface area contributed by atoms with Crippen molar-refractivity contribution in [1.29, 1.82) is 0 Å². The maximum atomic E-state index is 9.76. The lowest BCUT2D eigenvalue weighted by Crippen LogP contribution is -1.98. The van der Waals surface area contributed by atoms with Gasteiger partial charge in [-0.15, -0.1) is 0 Å². The van der Waals surface area contributed by atoms with E-state index in [0.717, 1.165) is 36.8 Å². The Morgan fingerprint density at radius 3 is 1.43 bits per heavy atom. The van der Waals surface area contributed by atoms with Gasteiger partial charge in [-0.2, -0.15) is 0 Å². The lowest BCUT2D eigenvalue weighted by Gasteiger charge is -2.19. The summed E-state index contributed by atoms with van der Waals surface area (Å²) in [6, 6.07) is 14.8. The highest BCUT2D eigenvalue weighted by Crippen LogP contribution is 2.37. The number of rotatable bonds is 6. The normalized spacial score (nSPS) is 14.9. The molecule has 0 bridgehead atoms. The van der Waals surface area contributed by atoms with Crippen molar-refractivity contribution in [2.45, 2.75) is 25.7 Å². The second kappa shape index (κ2) is 8.18. The van der Waals surface area contributed by atoms with Crippen LogP contribution in [0.2, 0.25) is 0 Å². The Balaban J connectivity index is 1.84. The molecule has 0 saturated heterocycles. The summed E-state index contributed by atoms with van der Waals surface area (Å²) in [5.41, 5.74) is 7.53. The minimum absolute atomic E-state index is 0.265. The first-order valence-corrected chi connectivity index (χ1v) is 9.69. The van der Waals surface area contributed by atoms with Crippen LogP contribution in [-0.4, -0.2) is 10.2 Å². The van der Waals surface area contributed by atoms with Gasteiger partial charge >= 0.3 is 0 Å². The smallest absolute Gasteiger partial charge is 0.115 e. The van der Waals surface area contributed by atoms with E-state index >= 15 is 0 Å². The van der Waals surface area contributed by atoms with Gasteiger partial charge in [-0.3, -0.25) is 0 Å². The van der Waals surface area contributed by atoms with Gasteiger partial charge in [0.25, 0.3) is 0 Å². The highest BCUT2D eigenvalue weighted by molar-refractivity contribution is 5.83. The Kier molecular flexibility index (Phi) is 5.29. The molecule has 0 atom stereocenters. The summed E-state index contributed by atoms with van der Waals surface area (Å²) in [5, 5.41) is 19.5. The Morgan fingerprint density at radius 2 is 1.07 bits per heavy atom. The van der Waals surface area contributed by atoms with Crippen molar-refractivity contribution in [3.05, 3.63) is 113 Å². The number of allylic oxidation sites excluding steroid dienone is 9. The highest BCUT2D eigenvalue weighted by Gasteiger charge is 2.16. The summed E-state index contributed by atoms with van der Waals surface area (Å²) in [6.07, 6.45) is 16.9. The van der Waals surface area contributed by atoms with E-state index in [-0.39, 0.29) is 11.5 Å². The molecule has 2 aliphatic carbocycles. The molecule has 2 aliphatic rings. The van der Waals surface area contributed by atoms with E-state index in [0.29, 0.717) is 0 Å². The van der Waals surface area contributed by atoms with Gasteiger partial charge in [-0.05, 0) is 66.6 Å². The van der Waals surface area contributed by atoms with Gasteiger partial charge < -0.3 is 10.2 Å². The quantitative estimate of drug-likeness (QED) is 0.615. The molecule has 0 heterocycles. The topological polar surface area (TPSA) is 40.5 Å². The Morgan fingerprint density at radius 1 is 0.643 bits per heavy atom. The molecule has 2 aromatic rings. The molecule has 2 aromatic carbocycles. The molecular weight excluding hydrogens is 344 g/mol. The predicted molar refractivity (Wildman–Crippen MR) is 115 cm³/mol. The third-order valence-corrected chi connectivity index (χ3v) is 5.24. The van der Waals surface area contributed by atoms with Gasteiger partial charge in [0.05, 0.1) is 0 Å². The zero-order valence-corrected chi connectivity index (χ0v) is 15.8. The van der Waals surface area contributed by atoms with Gasteiger partial charge in [0.2, 0.25) is 0 Å². The Hall–Kier alpha value is -3.26. The molecular formula is C26H24O2. The van der Waals surface area contributed by atoms with Crippen LogP contribution in [0.15, 0.2) is 102 Å². The van der Waals surface area contributed by atoms with Crippen molar-refractivity contribution >= 4 is 5.57 Å². The van der Waals surface area contributed by atoms with E-state index in [9.17, 15) is 10.2 Å². The average molecular weight is 368 g/mol. The number of hydrogen-bond donors (Lipinski definition) is 2. The zero-order chi connectivity index (χ0) is 19.3. The maximum absolute atomic E-state index is 9.76. The molecule has 4 rings (SSSR count). The van der Waals surface area contributed by atoms with Crippen molar-refractivity contribution in [2.75, 3.05) is 0 Å².